The van der Waals surface area contributed by atoms with Crippen LogP contribution in [0.4, 0.5) is 0 Å². The average Bonchev–Trinajstić information content (AvgIpc) is 3.06. The largest absolute Gasteiger partial charge is 0.472 e. The Morgan fingerprint density at radius 1 is 1.36 bits per heavy atom. The van der Waals surface area contributed by atoms with Gasteiger partial charge in [-0.1, -0.05) is 32.4 Å². The Labute approximate surface area is 152 Å². The molecule has 4 atom stereocenters. The Hall–Kier alpha value is -1.51. The molecule has 1 aromatic rings. The molecule has 3 heteroatoms. The predicted molar refractivity (Wildman–Crippen MR) is 101 cm³/mol. The van der Waals surface area contributed by atoms with E-state index in [-0.39, 0.29) is 10.8 Å². The van der Waals surface area contributed by atoms with Gasteiger partial charge in [0.1, 0.15) is 0 Å². The van der Waals surface area contributed by atoms with E-state index >= 15 is 0 Å². The highest BCUT2D eigenvalue weighted by Gasteiger charge is 2.57. The van der Waals surface area contributed by atoms with Gasteiger partial charge in [-0.3, -0.25) is 4.79 Å². The van der Waals surface area contributed by atoms with Crippen molar-refractivity contribution in [2.75, 3.05) is 14.1 Å². The molecule has 0 N–H and O–H groups in total. The van der Waals surface area contributed by atoms with Crippen molar-refractivity contribution in [3.63, 3.8) is 0 Å². The van der Waals surface area contributed by atoms with E-state index in [1.807, 2.05) is 20.4 Å². The molecule has 3 rings (SSSR count). The zero-order chi connectivity index (χ0) is 18.2. The number of hydrogen-bond acceptors (Lipinski definition) is 2. The van der Waals surface area contributed by atoms with Gasteiger partial charge in [0.2, 0.25) is 5.91 Å². The number of nitrogens with zero attached hydrogens (tertiary/aromatic N) is 1. The summed E-state index contributed by atoms with van der Waals surface area (Å²) in [5, 5.41) is 0. The van der Waals surface area contributed by atoms with Gasteiger partial charge in [-0.25, -0.2) is 0 Å². The Bertz CT molecular complexity index is 632. The maximum absolute atomic E-state index is 13.0. The summed E-state index contributed by atoms with van der Waals surface area (Å²) in [6, 6.07) is 2.06. The van der Waals surface area contributed by atoms with Crippen molar-refractivity contribution in [3.05, 3.63) is 36.3 Å². The fraction of sp³-hybridized carbons (Fsp3) is 0.682. The highest BCUT2D eigenvalue weighted by molar-refractivity contribution is 5.82. The Morgan fingerprint density at radius 3 is 2.76 bits per heavy atom. The summed E-state index contributed by atoms with van der Waals surface area (Å²) in [4.78, 5) is 14.8. The zero-order valence-electron chi connectivity index (χ0n) is 16.3. The second kappa shape index (κ2) is 6.66. The summed E-state index contributed by atoms with van der Waals surface area (Å²) in [5.74, 6) is 1.25. The van der Waals surface area contributed by atoms with Crippen LogP contribution in [-0.4, -0.2) is 24.9 Å². The van der Waals surface area contributed by atoms with Gasteiger partial charge in [0, 0.05) is 19.5 Å². The van der Waals surface area contributed by atoms with Crippen LogP contribution in [0.15, 0.2) is 35.2 Å². The van der Waals surface area contributed by atoms with Crippen LogP contribution in [0, 0.1) is 22.7 Å². The first-order chi connectivity index (χ1) is 11.8. The molecule has 0 aliphatic heterocycles. The normalized spacial score (nSPS) is 35.3. The summed E-state index contributed by atoms with van der Waals surface area (Å²) < 4.78 is 5.23. The van der Waals surface area contributed by atoms with Crippen LogP contribution in [0.25, 0.3) is 0 Å². The van der Waals surface area contributed by atoms with E-state index in [0.717, 1.165) is 38.5 Å². The van der Waals surface area contributed by atoms with Gasteiger partial charge in [-0.2, -0.15) is 0 Å². The first kappa shape index (κ1) is 18.3. The molecule has 1 aromatic heterocycles. The molecule has 0 spiro atoms. The number of carbonyl (C=O) groups excluding carboxylic acids is 1. The summed E-state index contributed by atoms with van der Waals surface area (Å²) in [5.41, 5.74) is 2.60. The number of allylic oxidation sites excluding steroid dienone is 1. The lowest BCUT2D eigenvalue weighted by Crippen LogP contribution is -2.55. The fourth-order valence-electron chi connectivity index (χ4n) is 5.99. The highest BCUT2D eigenvalue weighted by atomic mass is 16.3. The van der Waals surface area contributed by atoms with Crippen molar-refractivity contribution in [2.45, 2.75) is 58.8 Å². The van der Waals surface area contributed by atoms with Crippen molar-refractivity contribution in [2.24, 2.45) is 22.7 Å². The number of furan rings is 1. The predicted octanol–water partition coefficient (Wildman–Crippen LogP) is 5.08. The van der Waals surface area contributed by atoms with Crippen molar-refractivity contribution >= 4 is 5.91 Å². The number of fused-ring (bicyclic) bond motifs is 1. The van der Waals surface area contributed by atoms with Gasteiger partial charge in [0.25, 0.3) is 0 Å². The lowest BCUT2D eigenvalue weighted by molar-refractivity contribution is -0.154. The third kappa shape index (κ3) is 3.07. The molecule has 25 heavy (non-hydrogen) atoms. The van der Waals surface area contributed by atoms with E-state index in [4.69, 9.17) is 4.42 Å². The summed E-state index contributed by atoms with van der Waals surface area (Å²) in [7, 11) is 3.80. The molecule has 2 aliphatic rings. The smallest absolute Gasteiger partial charge is 0.228 e. The average molecular weight is 344 g/mol. The third-order valence-electron chi connectivity index (χ3n) is 7.22. The number of hydrogen-bond donors (Lipinski definition) is 0. The number of amides is 1. The molecule has 0 radical (unpaired) electrons. The summed E-state index contributed by atoms with van der Waals surface area (Å²) >= 11 is 0. The Kier molecular flexibility index (Phi) is 4.87. The topological polar surface area (TPSA) is 33.5 Å². The SMILES string of the molecule is C=C1CC[C@@H]2[C@](C)(CCC[C@]2(C)C(=O)N(C)C)[C@H]1CCc1ccoc1. The molecule has 0 aromatic carbocycles. The molecule has 138 valence electrons. The zero-order valence-corrected chi connectivity index (χ0v) is 16.3. The van der Waals surface area contributed by atoms with Gasteiger partial charge < -0.3 is 9.32 Å². The molecule has 2 saturated carbocycles. The minimum Gasteiger partial charge on any atom is -0.472 e. The molecule has 2 aliphatic carbocycles. The summed E-state index contributed by atoms with van der Waals surface area (Å²) in [6.07, 6.45) is 11.3. The lowest BCUT2D eigenvalue weighted by Gasteiger charge is -2.58. The van der Waals surface area contributed by atoms with Gasteiger partial charge in [0.05, 0.1) is 12.5 Å². The van der Waals surface area contributed by atoms with Crippen LogP contribution in [0.1, 0.15) is 57.9 Å². The summed E-state index contributed by atoms with van der Waals surface area (Å²) in [6.45, 7) is 9.09. The van der Waals surface area contributed by atoms with Crippen LogP contribution < -0.4 is 0 Å². The Balaban J connectivity index is 1.87. The molecular weight excluding hydrogens is 310 g/mol. The van der Waals surface area contributed by atoms with Crippen LogP contribution in [0.2, 0.25) is 0 Å². The van der Waals surface area contributed by atoms with Crippen LogP contribution in [0.5, 0.6) is 0 Å². The molecule has 0 saturated heterocycles. The molecule has 3 nitrogen and oxygen atoms in total. The maximum atomic E-state index is 13.0. The van der Waals surface area contributed by atoms with Crippen molar-refractivity contribution in [1.29, 1.82) is 0 Å². The maximum Gasteiger partial charge on any atom is 0.228 e. The molecule has 2 fully saturated rings. The van der Waals surface area contributed by atoms with E-state index < -0.39 is 0 Å². The van der Waals surface area contributed by atoms with Crippen molar-refractivity contribution in [1.82, 2.24) is 4.90 Å². The third-order valence-corrected chi connectivity index (χ3v) is 7.22. The molecule has 1 heterocycles. The quantitative estimate of drug-likeness (QED) is 0.714. The molecule has 0 unspecified atom stereocenters. The molecule has 1 amide bonds. The number of aryl methyl sites for hydroxylation is 1. The number of rotatable bonds is 4. The number of carbonyl (C=O) groups is 1. The Morgan fingerprint density at radius 2 is 2.12 bits per heavy atom. The van der Waals surface area contributed by atoms with E-state index in [1.165, 1.54) is 17.6 Å². The van der Waals surface area contributed by atoms with Gasteiger partial charge in [-0.05, 0) is 67.4 Å². The first-order valence-corrected chi connectivity index (χ1v) is 9.69. The monoisotopic (exact) mass is 343 g/mol. The first-order valence-electron chi connectivity index (χ1n) is 9.69. The van der Waals surface area contributed by atoms with Crippen LogP contribution in [0.3, 0.4) is 0 Å². The molecular formula is C22H33NO2. The highest BCUT2D eigenvalue weighted by Crippen LogP contribution is 2.62. The van der Waals surface area contributed by atoms with Crippen LogP contribution >= 0.6 is 0 Å². The van der Waals surface area contributed by atoms with Crippen LogP contribution in [-0.2, 0) is 11.2 Å². The van der Waals surface area contributed by atoms with E-state index in [1.54, 1.807) is 11.2 Å². The minimum absolute atomic E-state index is 0.178. The van der Waals surface area contributed by atoms with Crippen molar-refractivity contribution < 1.29 is 9.21 Å². The fourth-order valence-corrected chi connectivity index (χ4v) is 5.99. The van der Waals surface area contributed by atoms with Crippen molar-refractivity contribution in [3.8, 4) is 0 Å². The second-order valence-corrected chi connectivity index (χ2v) is 8.95. The molecule has 0 bridgehead atoms. The minimum atomic E-state index is -0.231. The van der Waals surface area contributed by atoms with Gasteiger partial charge in [0.15, 0.2) is 0 Å². The lowest BCUT2D eigenvalue weighted by atomic mass is 9.46. The standard InChI is InChI=1S/C22H33NO2/c1-16-7-10-19-21(2,18(16)9-8-17-11-14-25-15-17)12-6-13-22(19,3)20(24)23(4)5/h11,14-15,18-19H,1,6-10,12-13H2,2-5H3/t18-,19+,21+,22-/m0/s1. The second-order valence-electron chi connectivity index (χ2n) is 8.95. The van der Waals surface area contributed by atoms with Gasteiger partial charge in [-0.15, -0.1) is 0 Å². The van der Waals surface area contributed by atoms with E-state index in [9.17, 15) is 4.79 Å². The van der Waals surface area contributed by atoms with E-state index in [0.29, 0.717) is 17.7 Å². The van der Waals surface area contributed by atoms with E-state index in [2.05, 4.69) is 26.5 Å². The van der Waals surface area contributed by atoms with Gasteiger partial charge >= 0.3 is 0 Å².